The summed E-state index contributed by atoms with van der Waals surface area (Å²) < 4.78 is 1.59. The molecule has 1 aromatic heterocycles. The van der Waals surface area contributed by atoms with E-state index in [-0.39, 0.29) is 11.9 Å². The number of nitrogens with one attached hydrogen (secondary N) is 2. The Bertz CT molecular complexity index is 1370. The molecule has 4 rings (SSSR count). The molecule has 1 unspecified atom stereocenters. The number of hydrogen-bond donors (Lipinski definition) is 2. The fourth-order valence-corrected chi connectivity index (χ4v) is 4.13. The van der Waals surface area contributed by atoms with Crippen molar-refractivity contribution in [3.8, 4) is 5.69 Å². The second-order valence-electron chi connectivity index (χ2n) is 9.27. The zero-order valence-corrected chi connectivity index (χ0v) is 20.9. The van der Waals surface area contributed by atoms with Gasteiger partial charge in [-0.3, -0.25) is 4.79 Å². The van der Waals surface area contributed by atoms with Crippen LogP contribution in [0.4, 0.5) is 11.4 Å². The third-order valence-electron chi connectivity index (χ3n) is 5.95. The third-order valence-corrected chi connectivity index (χ3v) is 5.95. The Labute approximate surface area is 212 Å². The lowest BCUT2D eigenvalue weighted by molar-refractivity contribution is 0.101. The van der Waals surface area contributed by atoms with Gasteiger partial charge in [0.15, 0.2) is 5.69 Å². The number of amides is 1. The first-order chi connectivity index (χ1) is 17.4. The van der Waals surface area contributed by atoms with Crippen molar-refractivity contribution < 1.29 is 4.79 Å². The van der Waals surface area contributed by atoms with Gasteiger partial charge in [0.25, 0.3) is 5.91 Å². The van der Waals surface area contributed by atoms with Gasteiger partial charge in [0.1, 0.15) is 5.69 Å². The fourth-order valence-electron chi connectivity index (χ4n) is 4.13. The van der Waals surface area contributed by atoms with Crippen molar-refractivity contribution in [2.24, 2.45) is 5.92 Å². The molecule has 0 fully saturated rings. The molecule has 1 heterocycles. The second kappa shape index (κ2) is 11.5. The van der Waals surface area contributed by atoms with E-state index in [0.717, 1.165) is 24.2 Å². The van der Waals surface area contributed by atoms with Crippen molar-refractivity contribution in [2.45, 2.75) is 33.2 Å². The monoisotopic (exact) mass is 477 g/mol. The van der Waals surface area contributed by atoms with Crippen LogP contribution in [-0.4, -0.2) is 22.2 Å². The van der Waals surface area contributed by atoms with Crippen molar-refractivity contribution in [1.82, 2.24) is 15.1 Å². The molecule has 0 radical (unpaired) electrons. The molecule has 182 valence electrons. The Morgan fingerprint density at radius 2 is 1.72 bits per heavy atom. The molecule has 3 aromatic carbocycles. The summed E-state index contributed by atoms with van der Waals surface area (Å²) in [5.74, 6) is 0.355. The molecule has 0 saturated carbocycles. The van der Waals surface area contributed by atoms with Gasteiger partial charge in [-0.25, -0.2) is 9.53 Å². The molecule has 1 amide bonds. The number of carbonyl (C=O) groups is 1. The average Bonchev–Trinajstić information content (AvgIpc) is 3.29. The number of rotatable bonds is 9. The topological polar surface area (TPSA) is 63.3 Å². The van der Waals surface area contributed by atoms with E-state index in [1.807, 2.05) is 49.4 Å². The van der Waals surface area contributed by atoms with Crippen LogP contribution in [0.15, 0.2) is 84.9 Å². The molecule has 0 aliphatic carbocycles. The highest BCUT2D eigenvalue weighted by atomic mass is 16.2. The number of aromatic nitrogens is 2. The van der Waals surface area contributed by atoms with Gasteiger partial charge in [-0.15, -0.1) is 0 Å². The zero-order chi connectivity index (χ0) is 25.5. The SMILES string of the molecule is [C-]#[N+]c1cccc(-n2nc(C)cc2C(=O)Nc2cccc(C(NCCC(C)C)c3ccccc3)c2)c1. The minimum atomic E-state index is -0.259. The lowest BCUT2D eigenvalue weighted by Gasteiger charge is -2.21. The van der Waals surface area contributed by atoms with Crippen LogP contribution < -0.4 is 10.6 Å². The summed E-state index contributed by atoms with van der Waals surface area (Å²) in [5.41, 5.74) is 5.28. The number of benzene rings is 3. The summed E-state index contributed by atoms with van der Waals surface area (Å²) in [5, 5.41) is 11.2. The molecule has 0 spiro atoms. The minimum Gasteiger partial charge on any atom is -0.321 e. The molecular formula is C30H31N5O. The number of carbonyl (C=O) groups excluding carboxylic acids is 1. The van der Waals surface area contributed by atoms with E-state index in [9.17, 15) is 4.79 Å². The highest BCUT2D eigenvalue weighted by molar-refractivity contribution is 6.03. The van der Waals surface area contributed by atoms with E-state index in [1.54, 1.807) is 28.9 Å². The van der Waals surface area contributed by atoms with Gasteiger partial charge in [-0.05, 0) is 67.3 Å². The first kappa shape index (κ1) is 24.9. The van der Waals surface area contributed by atoms with Gasteiger partial charge in [-0.2, -0.15) is 5.10 Å². The summed E-state index contributed by atoms with van der Waals surface area (Å²) >= 11 is 0. The van der Waals surface area contributed by atoms with Crippen LogP contribution in [0.1, 0.15) is 53.6 Å². The Morgan fingerprint density at radius 3 is 2.47 bits per heavy atom. The van der Waals surface area contributed by atoms with Gasteiger partial charge in [-0.1, -0.05) is 68.4 Å². The molecule has 36 heavy (non-hydrogen) atoms. The number of aryl methyl sites for hydroxylation is 1. The van der Waals surface area contributed by atoms with Gasteiger partial charge in [0.05, 0.1) is 24.0 Å². The Kier molecular flexibility index (Phi) is 7.94. The maximum atomic E-state index is 13.3. The summed E-state index contributed by atoms with van der Waals surface area (Å²) in [6.45, 7) is 14.5. The predicted octanol–water partition coefficient (Wildman–Crippen LogP) is 6.71. The Morgan fingerprint density at radius 1 is 0.972 bits per heavy atom. The largest absolute Gasteiger partial charge is 0.321 e. The van der Waals surface area contributed by atoms with E-state index in [0.29, 0.717) is 28.7 Å². The van der Waals surface area contributed by atoms with Crippen molar-refractivity contribution >= 4 is 17.3 Å². The van der Waals surface area contributed by atoms with Crippen LogP contribution >= 0.6 is 0 Å². The second-order valence-corrected chi connectivity index (χ2v) is 9.27. The van der Waals surface area contributed by atoms with Crippen LogP contribution in [0, 0.1) is 19.4 Å². The summed E-state index contributed by atoms with van der Waals surface area (Å²) in [6, 6.07) is 27.2. The van der Waals surface area contributed by atoms with Crippen molar-refractivity contribution in [1.29, 1.82) is 0 Å². The normalized spacial score (nSPS) is 11.8. The van der Waals surface area contributed by atoms with Crippen LogP contribution in [0.25, 0.3) is 10.5 Å². The molecule has 0 aliphatic heterocycles. The van der Waals surface area contributed by atoms with E-state index >= 15 is 0 Å². The quantitative estimate of drug-likeness (QED) is 0.263. The van der Waals surface area contributed by atoms with Gasteiger partial charge in [0, 0.05) is 5.69 Å². The molecule has 2 N–H and O–H groups in total. The smallest absolute Gasteiger partial charge is 0.274 e. The number of hydrogen-bond acceptors (Lipinski definition) is 3. The first-order valence-electron chi connectivity index (χ1n) is 12.2. The Balaban J connectivity index is 1.59. The van der Waals surface area contributed by atoms with E-state index < -0.39 is 0 Å². The van der Waals surface area contributed by atoms with Crippen LogP contribution in [0.2, 0.25) is 0 Å². The maximum Gasteiger partial charge on any atom is 0.274 e. The molecule has 4 aromatic rings. The highest BCUT2D eigenvalue weighted by Crippen LogP contribution is 2.26. The van der Waals surface area contributed by atoms with Crippen LogP contribution in [-0.2, 0) is 0 Å². The average molecular weight is 478 g/mol. The molecular weight excluding hydrogens is 446 g/mol. The van der Waals surface area contributed by atoms with Crippen LogP contribution in [0.5, 0.6) is 0 Å². The van der Waals surface area contributed by atoms with E-state index in [2.05, 4.69) is 52.6 Å². The predicted molar refractivity (Wildman–Crippen MR) is 145 cm³/mol. The third kappa shape index (κ3) is 6.07. The molecule has 0 saturated heterocycles. The maximum absolute atomic E-state index is 13.3. The van der Waals surface area contributed by atoms with E-state index in [1.165, 1.54) is 5.56 Å². The van der Waals surface area contributed by atoms with Gasteiger partial charge in [0.2, 0.25) is 0 Å². The van der Waals surface area contributed by atoms with Crippen molar-refractivity contribution in [3.63, 3.8) is 0 Å². The fraction of sp³-hybridized carbons (Fsp3) is 0.233. The van der Waals surface area contributed by atoms with Gasteiger partial charge >= 0.3 is 0 Å². The lowest BCUT2D eigenvalue weighted by atomic mass is 9.97. The summed E-state index contributed by atoms with van der Waals surface area (Å²) in [6.07, 6.45) is 1.08. The first-order valence-corrected chi connectivity index (χ1v) is 12.2. The molecule has 1 atom stereocenters. The number of anilines is 1. The molecule has 0 bridgehead atoms. The van der Waals surface area contributed by atoms with Crippen molar-refractivity contribution in [2.75, 3.05) is 11.9 Å². The Hall–Kier alpha value is -4.21. The summed E-state index contributed by atoms with van der Waals surface area (Å²) in [7, 11) is 0. The molecule has 6 nitrogen and oxygen atoms in total. The van der Waals surface area contributed by atoms with Crippen molar-refractivity contribution in [3.05, 3.63) is 119 Å². The molecule has 0 aliphatic rings. The zero-order valence-electron chi connectivity index (χ0n) is 20.9. The highest BCUT2D eigenvalue weighted by Gasteiger charge is 2.18. The lowest BCUT2D eigenvalue weighted by Crippen LogP contribution is -2.24. The summed E-state index contributed by atoms with van der Waals surface area (Å²) in [4.78, 5) is 16.8. The standard InChI is InChI=1S/C30H31N5O/c1-21(2)16-17-32-29(23-10-6-5-7-11-23)24-12-8-14-26(19-24)33-30(36)28-18-22(3)34-35(28)27-15-9-13-25(20-27)31-4/h5-15,18-21,29,32H,16-17H2,1-3H3,(H,33,36). The molecule has 6 heteroatoms. The number of nitrogens with zero attached hydrogens (tertiary/aromatic N) is 3. The minimum absolute atomic E-state index is 0.0194. The van der Waals surface area contributed by atoms with Gasteiger partial charge < -0.3 is 10.6 Å². The van der Waals surface area contributed by atoms with Crippen LogP contribution in [0.3, 0.4) is 0 Å². The van der Waals surface area contributed by atoms with E-state index in [4.69, 9.17) is 6.57 Å².